The van der Waals surface area contributed by atoms with Crippen LogP contribution in [0, 0.1) is 23.7 Å². The number of hydrogen-bond donors (Lipinski definition) is 0. The molecule has 0 aromatic rings. The molecule has 0 heteroatoms. The van der Waals surface area contributed by atoms with Gasteiger partial charge in [0.05, 0.1) is 0 Å². The molecule has 1 saturated carbocycles. The fourth-order valence-corrected chi connectivity index (χ4v) is 2.56. The highest BCUT2D eigenvalue weighted by molar-refractivity contribution is 4.96. The van der Waals surface area contributed by atoms with Crippen LogP contribution in [0.2, 0.25) is 0 Å². The average molecular weight is 166 g/mol. The maximum atomic E-state index is 3.78. The van der Waals surface area contributed by atoms with Crippen molar-refractivity contribution >= 4 is 0 Å². The summed E-state index contributed by atoms with van der Waals surface area (Å²) in [5.41, 5.74) is 0. The first-order valence-electron chi connectivity index (χ1n) is 5.33. The molecule has 0 heterocycles. The monoisotopic (exact) mass is 166 g/mol. The minimum Gasteiger partial charge on any atom is -0.103 e. The third-order valence-electron chi connectivity index (χ3n) is 3.64. The van der Waals surface area contributed by atoms with Gasteiger partial charge >= 0.3 is 0 Å². The van der Waals surface area contributed by atoms with Gasteiger partial charge < -0.3 is 0 Å². The maximum absolute atomic E-state index is 3.78. The number of allylic oxidation sites excluding steroid dienone is 1. The van der Waals surface area contributed by atoms with E-state index < -0.39 is 0 Å². The first-order chi connectivity index (χ1) is 5.72. The fourth-order valence-electron chi connectivity index (χ4n) is 2.56. The van der Waals surface area contributed by atoms with Crippen LogP contribution < -0.4 is 0 Å². The highest BCUT2D eigenvalue weighted by Crippen LogP contribution is 2.53. The zero-order valence-corrected chi connectivity index (χ0v) is 8.72. The summed E-state index contributed by atoms with van der Waals surface area (Å²) in [6, 6.07) is 0. The summed E-state index contributed by atoms with van der Waals surface area (Å²) < 4.78 is 0. The quantitative estimate of drug-likeness (QED) is 0.544. The minimum absolute atomic E-state index is 0.940. The Balaban J connectivity index is 2.27. The van der Waals surface area contributed by atoms with Crippen molar-refractivity contribution in [2.45, 2.75) is 40.0 Å². The van der Waals surface area contributed by atoms with Crippen LogP contribution >= 0.6 is 0 Å². The van der Waals surface area contributed by atoms with Gasteiger partial charge in [-0.05, 0) is 36.5 Å². The van der Waals surface area contributed by atoms with Crippen LogP contribution in [-0.2, 0) is 0 Å². The van der Waals surface area contributed by atoms with Crippen LogP contribution in [0.15, 0.2) is 12.7 Å². The summed E-state index contributed by atoms with van der Waals surface area (Å²) in [5.74, 6) is 3.96. The lowest BCUT2D eigenvalue weighted by Gasteiger charge is -2.06. The van der Waals surface area contributed by atoms with Crippen molar-refractivity contribution in [1.29, 1.82) is 0 Å². The van der Waals surface area contributed by atoms with Crippen molar-refractivity contribution in [3.63, 3.8) is 0 Å². The second-order valence-electron chi connectivity index (χ2n) is 4.35. The van der Waals surface area contributed by atoms with E-state index >= 15 is 0 Å². The molecule has 0 N–H and O–H groups in total. The zero-order chi connectivity index (χ0) is 9.14. The summed E-state index contributed by atoms with van der Waals surface area (Å²) >= 11 is 0. The minimum atomic E-state index is 0.940. The van der Waals surface area contributed by atoms with Crippen LogP contribution in [-0.4, -0.2) is 0 Å². The van der Waals surface area contributed by atoms with E-state index in [0.717, 1.165) is 23.7 Å². The normalized spacial score (nSPS) is 36.1. The highest BCUT2D eigenvalue weighted by Gasteiger charge is 2.47. The maximum Gasteiger partial charge on any atom is -0.0329 e. The molecule has 12 heavy (non-hydrogen) atoms. The Morgan fingerprint density at radius 3 is 2.67 bits per heavy atom. The molecule has 0 spiro atoms. The molecule has 0 bridgehead atoms. The van der Waals surface area contributed by atoms with E-state index in [2.05, 4.69) is 33.4 Å². The first-order valence-corrected chi connectivity index (χ1v) is 5.33. The molecule has 70 valence electrons. The van der Waals surface area contributed by atoms with E-state index in [-0.39, 0.29) is 0 Å². The van der Waals surface area contributed by atoms with E-state index in [1.54, 1.807) is 0 Å². The lowest BCUT2D eigenvalue weighted by molar-refractivity contribution is 0.444. The van der Waals surface area contributed by atoms with Crippen LogP contribution in [0.3, 0.4) is 0 Å². The highest BCUT2D eigenvalue weighted by atomic mass is 14.5. The van der Waals surface area contributed by atoms with Crippen LogP contribution in [0.1, 0.15) is 40.0 Å². The first kappa shape index (κ1) is 9.83. The molecule has 0 aromatic heterocycles. The summed E-state index contributed by atoms with van der Waals surface area (Å²) in [6.45, 7) is 10.9. The lowest BCUT2D eigenvalue weighted by atomic mass is 10.00. The van der Waals surface area contributed by atoms with Crippen LogP contribution in [0.25, 0.3) is 0 Å². The molecule has 0 amide bonds. The third-order valence-corrected chi connectivity index (χ3v) is 3.64. The Morgan fingerprint density at radius 2 is 2.17 bits per heavy atom. The van der Waals surface area contributed by atoms with Gasteiger partial charge in [-0.1, -0.05) is 33.3 Å². The van der Waals surface area contributed by atoms with Crippen molar-refractivity contribution in [2.24, 2.45) is 23.7 Å². The smallest absolute Gasteiger partial charge is 0.0329 e. The Hall–Kier alpha value is -0.260. The average Bonchev–Trinajstić information content (AvgIpc) is 2.72. The van der Waals surface area contributed by atoms with Crippen molar-refractivity contribution in [1.82, 2.24) is 0 Å². The van der Waals surface area contributed by atoms with Crippen molar-refractivity contribution in [3.05, 3.63) is 12.7 Å². The van der Waals surface area contributed by atoms with Crippen LogP contribution in [0.4, 0.5) is 0 Å². The summed E-state index contributed by atoms with van der Waals surface area (Å²) in [7, 11) is 0. The predicted octanol–water partition coefficient (Wildman–Crippen LogP) is 3.88. The van der Waals surface area contributed by atoms with Gasteiger partial charge in [-0.15, -0.1) is 6.58 Å². The third kappa shape index (κ3) is 1.91. The molecule has 1 aliphatic rings. The second kappa shape index (κ2) is 4.11. The molecule has 4 unspecified atom stereocenters. The molecule has 1 aliphatic carbocycles. The summed E-state index contributed by atoms with van der Waals surface area (Å²) in [5, 5.41) is 0. The van der Waals surface area contributed by atoms with Gasteiger partial charge in [-0.2, -0.15) is 0 Å². The van der Waals surface area contributed by atoms with Gasteiger partial charge in [0.1, 0.15) is 0 Å². The lowest BCUT2D eigenvalue weighted by Crippen LogP contribution is -1.97. The number of hydrogen-bond acceptors (Lipinski definition) is 0. The molecule has 1 fully saturated rings. The molecular weight excluding hydrogens is 144 g/mol. The van der Waals surface area contributed by atoms with E-state index in [9.17, 15) is 0 Å². The Kier molecular flexibility index (Phi) is 3.37. The molecule has 0 nitrogen and oxygen atoms in total. The van der Waals surface area contributed by atoms with Gasteiger partial charge in [-0.3, -0.25) is 0 Å². The largest absolute Gasteiger partial charge is 0.103 e. The SMILES string of the molecule is C=CCCC1C(C)C1C(C)CC. The molecule has 0 aromatic carbocycles. The Bertz CT molecular complexity index is 148. The van der Waals surface area contributed by atoms with Crippen molar-refractivity contribution < 1.29 is 0 Å². The predicted molar refractivity (Wildman–Crippen MR) is 55.0 cm³/mol. The van der Waals surface area contributed by atoms with Gasteiger partial charge in [-0.25, -0.2) is 0 Å². The molecule has 0 radical (unpaired) electrons. The molecule has 0 aliphatic heterocycles. The van der Waals surface area contributed by atoms with Gasteiger partial charge in [0.2, 0.25) is 0 Å². The van der Waals surface area contributed by atoms with Crippen molar-refractivity contribution in [3.8, 4) is 0 Å². The summed E-state index contributed by atoms with van der Waals surface area (Å²) in [6.07, 6.45) is 5.99. The summed E-state index contributed by atoms with van der Waals surface area (Å²) in [4.78, 5) is 0. The zero-order valence-electron chi connectivity index (χ0n) is 8.72. The standard InChI is InChI=1S/C12H22/c1-5-7-8-11-10(4)12(11)9(3)6-2/h5,9-12H,1,6-8H2,2-4H3. The Morgan fingerprint density at radius 1 is 1.50 bits per heavy atom. The van der Waals surface area contributed by atoms with Gasteiger partial charge in [0.15, 0.2) is 0 Å². The molecule has 0 saturated heterocycles. The molecule has 4 atom stereocenters. The fraction of sp³-hybridized carbons (Fsp3) is 0.833. The van der Waals surface area contributed by atoms with E-state index in [4.69, 9.17) is 0 Å². The molecular formula is C12H22. The van der Waals surface area contributed by atoms with Gasteiger partial charge in [0, 0.05) is 0 Å². The van der Waals surface area contributed by atoms with Gasteiger partial charge in [0.25, 0.3) is 0 Å². The van der Waals surface area contributed by atoms with E-state index in [1.807, 2.05) is 0 Å². The molecule has 1 rings (SSSR count). The van der Waals surface area contributed by atoms with E-state index in [1.165, 1.54) is 19.3 Å². The second-order valence-corrected chi connectivity index (χ2v) is 4.35. The van der Waals surface area contributed by atoms with Crippen LogP contribution in [0.5, 0.6) is 0 Å². The van der Waals surface area contributed by atoms with Crippen molar-refractivity contribution in [2.75, 3.05) is 0 Å². The number of rotatable bonds is 5. The van der Waals surface area contributed by atoms with E-state index in [0.29, 0.717) is 0 Å². The Labute approximate surface area is 77.1 Å². The topological polar surface area (TPSA) is 0 Å².